The zero-order chi connectivity index (χ0) is 9.07. The standard InChI is InChI=1S/C6H6F3NO/c1-2-4(10)3-5(11)6(7,8)9/h2-3H,1,10H2/b4-3+. The molecule has 2 N–H and O–H groups in total. The van der Waals surface area contributed by atoms with Crippen molar-refractivity contribution < 1.29 is 18.0 Å². The summed E-state index contributed by atoms with van der Waals surface area (Å²) < 4.78 is 34.4. The van der Waals surface area contributed by atoms with Gasteiger partial charge in [0.2, 0.25) is 0 Å². The summed E-state index contributed by atoms with van der Waals surface area (Å²) in [4.78, 5) is 10.1. The van der Waals surface area contributed by atoms with Crippen LogP contribution in [-0.4, -0.2) is 12.0 Å². The molecular formula is C6H6F3NO. The van der Waals surface area contributed by atoms with Crippen molar-refractivity contribution in [3.63, 3.8) is 0 Å². The second kappa shape index (κ2) is 3.23. The van der Waals surface area contributed by atoms with E-state index in [1.807, 2.05) is 0 Å². The molecule has 0 aliphatic heterocycles. The molecule has 5 heteroatoms. The molecule has 0 aromatic carbocycles. The first-order valence-electron chi connectivity index (χ1n) is 2.58. The molecule has 0 unspecified atom stereocenters. The van der Waals surface area contributed by atoms with Gasteiger partial charge in [-0.1, -0.05) is 6.58 Å². The fourth-order valence-corrected chi connectivity index (χ4v) is 0.292. The number of carbonyl (C=O) groups excluding carboxylic acids is 1. The van der Waals surface area contributed by atoms with E-state index in [4.69, 9.17) is 5.73 Å². The van der Waals surface area contributed by atoms with Gasteiger partial charge in [-0.25, -0.2) is 0 Å². The van der Waals surface area contributed by atoms with Crippen LogP contribution in [-0.2, 0) is 4.79 Å². The lowest BCUT2D eigenvalue weighted by Gasteiger charge is -1.99. The van der Waals surface area contributed by atoms with E-state index in [0.717, 1.165) is 6.08 Å². The number of hydrogen-bond acceptors (Lipinski definition) is 2. The molecule has 0 radical (unpaired) electrons. The van der Waals surface area contributed by atoms with E-state index >= 15 is 0 Å². The van der Waals surface area contributed by atoms with Crippen LogP contribution in [0.25, 0.3) is 0 Å². The van der Waals surface area contributed by atoms with Gasteiger partial charge in [0.25, 0.3) is 5.78 Å². The molecule has 2 nitrogen and oxygen atoms in total. The number of rotatable bonds is 2. The fraction of sp³-hybridized carbons (Fsp3) is 0.167. The number of halogens is 3. The lowest BCUT2D eigenvalue weighted by atomic mass is 10.3. The van der Waals surface area contributed by atoms with Crippen LogP contribution >= 0.6 is 0 Å². The summed E-state index contributed by atoms with van der Waals surface area (Å²) in [5.41, 5.74) is 4.59. The first-order chi connectivity index (χ1) is 4.88. The maximum absolute atomic E-state index is 11.5. The minimum Gasteiger partial charge on any atom is -0.399 e. The average molecular weight is 165 g/mol. The van der Waals surface area contributed by atoms with Crippen molar-refractivity contribution in [1.82, 2.24) is 0 Å². The van der Waals surface area contributed by atoms with Crippen molar-refractivity contribution in [3.8, 4) is 0 Å². The quantitative estimate of drug-likeness (QED) is 0.492. The third kappa shape index (κ3) is 3.44. The van der Waals surface area contributed by atoms with Gasteiger partial charge in [-0.2, -0.15) is 13.2 Å². The Morgan fingerprint density at radius 2 is 1.91 bits per heavy atom. The van der Waals surface area contributed by atoms with Gasteiger partial charge in [0.05, 0.1) is 0 Å². The maximum atomic E-state index is 11.5. The van der Waals surface area contributed by atoms with E-state index in [2.05, 4.69) is 6.58 Å². The zero-order valence-corrected chi connectivity index (χ0v) is 5.48. The van der Waals surface area contributed by atoms with E-state index in [-0.39, 0.29) is 11.8 Å². The van der Waals surface area contributed by atoms with E-state index in [1.165, 1.54) is 0 Å². The highest BCUT2D eigenvalue weighted by Gasteiger charge is 2.36. The van der Waals surface area contributed by atoms with Crippen LogP contribution in [0.5, 0.6) is 0 Å². The minimum atomic E-state index is -4.85. The van der Waals surface area contributed by atoms with Crippen molar-refractivity contribution in [2.75, 3.05) is 0 Å². The van der Waals surface area contributed by atoms with Gasteiger partial charge in [0, 0.05) is 11.8 Å². The van der Waals surface area contributed by atoms with Crippen molar-refractivity contribution in [1.29, 1.82) is 0 Å². The molecule has 0 aliphatic rings. The van der Waals surface area contributed by atoms with Crippen molar-refractivity contribution in [2.24, 2.45) is 5.73 Å². The predicted octanol–water partition coefficient (Wildman–Crippen LogP) is 1.15. The Hall–Kier alpha value is -1.26. The highest BCUT2D eigenvalue weighted by molar-refractivity contribution is 5.95. The number of hydrogen-bond donors (Lipinski definition) is 1. The number of carbonyl (C=O) groups is 1. The molecule has 62 valence electrons. The summed E-state index contributed by atoms with van der Waals surface area (Å²) >= 11 is 0. The Morgan fingerprint density at radius 3 is 2.18 bits per heavy atom. The molecular weight excluding hydrogens is 159 g/mol. The Labute approximate surface area is 61.2 Å². The van der Waals surface area contributed by atoms with Crippen LogP contribution in [0.15, 0.2) is 24.4 Å². The number of allylic oxidation sites excluding steroid dienone is 2. The Kier molecular flexibility index (Phi) is 2.86. The smallest absolute Gasteiger partial charge is 0.399 e. The molecule has 0 saturated carbocycles. The van der Waals surface area contributed by atoms with Gasteiger partial charge in [0.15, 0.2) is 0 Å². The Morgan fingerprint density at radius 1 is 1.45 bits per heavy atom. The molecule has 0 heterocycles. The molecule has 11 heavy (non-hydrogen) atoms. The number of ketones is 1. The molecule has 0 aliphatic carbocycles. The summed E-state index contributed by atoms with van der Waals surface area (Å²) in [6.45, 7) is 3.08. The zero-order valence-electron chi connectivity index (χ0n) is 5.48. The van der Waals surface area contributed by atoms with Crippen molar-refractivity contribution in [2.45, 2.75) is 6.18 Å². The first kappa shape index (κ1) is 9.74. The van der Waals surface area contributed by atoms with E-state index < -0.39 is 12.0 Å². The molecule has 0 bridgehead atoms. The molecule has 0 atom stereocenters. The van der Waals surface area contributed by atoms with E-state index in [9.17, 15) is 18.0 Å². The second-order valence-electron chi connectivity index (χ2n) is 1.71. The van der Waals surface area contributed by atoms with Crippen LogP contribution in [0.3, 0.4) is 0 Å². The number of alkyl halides is 3. The van der Waals surface area contributed by atoms with Crippen LogP contribution in [0.4, 0.5) is 13.2 Å². The molecule has 0 spiro atoms. The third-order valence-corrected chi connectivity index (χ3v) is 0.813. The summed E-state index contributed by atoms with van der Waals surface area (Å²) in [6, 6.07) is 0. The summed E-state index contributed by atoms with van der Waals surface area (Å²) in [5, 5.41) is 0. The SMILES string of the molecule is C=C/C(N)=C\C(=O)C(F)(F)F. The molecule has 0 aromatic rings. The van der Waals surface area contributed by atoms with E-state index in [1.54, 1.807) is 0 Å². The molecule has 0 aromatic heterocycles. The first-order valence-corrected chi connectivity index (χ1v) is 2.58. The monoisotopic (exact) mass is 165 g/mol. The lowest BCUT2D eigenvalue weighted by Crippen LogP contribution is -2.21. The third-order valence-electron chi connectivity index (χ3n) is 0.813. The number of nitrogens with two attached hydrogens (primary N) is 1. The molecule has 0 rings (SSSR count). The predicted molar refractivity (Wildman–Crippen MR) is 33.5 cm³/mol. The van der Waals surface area contributed by atoms with Gasteiger partial charge in [-0.05, 0) is 6.08 Å². The van der Waals surface area contributed by atoms with Gasteiger partial charge in [-0.3, -0.25) is 4.79 Å². The summed E-state index contributed by atoms with van der Waals surface area (Å²) in [6.07, 6.45) is -3.61. The normalized spacial score (nSPS) is 12.8. The van der Waals surface area contributed by atoms with E-state index in [0.29, 0.717) is 0 Å². The molecule has 0 fully saturated rings. The highest BCUT2D eigenvalue weighted by Crippen LogP contribution is 2.16. The van der Waals surface area contributed by atoms with Crippen molar-refractivity contribution >= 4 is 5.78 Å². The topological polar surface area (TPSA) is 43.1 Å². The maximum Gasteiger partial charge on any atom is 0.454 e. The average Bonchev–Trinajstić information content (AvgIpc) is 1.85. The lowest BCUT2D eigenvalue weighted by molar-refractivity contribution is -0.165. The molecule has 0 amide bonds. The highest BCUT2D eigenvalue weighted by atomic mass is 19.4. The Balaban J connectivity index is 4.42. The van der Waals surface area contributed by atoms with Gasteiger partial charge in [-0.15, -0.1) is 0 Å². The van der Waals surface area contributed by atoms with Crippen LogP contribution in [0.2, 0.25) is 0 Å². The van der Waals surface area contributed by atoms with Gasteiger partial charge < -0.3 is 5.73 Å². The molecule has 0 saturated heterocycles. The summed E-state index contributed by atoms with van der Waals surface area (Å²) in [7, 11) is 0. The largest absolute Gasteiger partial charge is 0.454 e. The van der Waals surface area contributed by atoms with Crippen LogP contribution < -0.4 is 5.73 Å². The second-order valence-corrected chi connectivity index (χ2v) is 1.71. The van der Waals surface area contributed by atoms with Gasteiger partial charge in [0.1, 0.15) is 0 Å². The fourth-order valence-electron chi connectivity index (χ4n) is 0.292. The Bertz CT molecular complexity index is 204. The van der Waals surface area contributed by atoms with Crippen molar-refractivity contribution in [3.05, 3.63) is 24.4 Å². The van der Waals surface area contributed by atoms with Gasteiger partial charge >= 0.3 is 6.18 Å². The van der Waals surface area contributed by atoms with Crippen LogP contribution in [0.1, 0.15) is 0 Å². The minimum absolute atomic E-state index is 0.285. The van der Waals surface area contributed by atoms with Crippen LogP contribution in [0, 0.1) is 0 Å². The summed E-state index contributed by atoms with van der Waals surface area (Å²) in [5.74, 6) is -1.98.